The van der Waals surface area contributed by atoms with Crippen LogP contribution in [-0.4, -0.2) is 61.4 Å². The largest absolute Gasteiger partial charge is 0.347 e. The highest BCUT2D eigenvalue weighted by Gasteiger charge is 2.33. The molecule has 1 aliphatic heterocycles. The van der Waals surface area contributed by atoms with Crippen LogP contribution in [0.2, 0.25) is 0 Å². The van der Waals surface area contributed by atoms with Gasteiger partial charge in [0.25, 0.3) is 5.91 Å². The van der Waals surface area contributed by atoms with Crippen LogP contribution in [0.5, 0.6) is 0 Å². The fourth-order valence-corrected chi connectivity index (χ4v) is 2.51. The predicted molar refractivity (Wildman–Crippen MR) is 82.2 cm³/mol. The number of likely N-dealkylation sites (N-methyl/N-ethyl adjacent to an activating group) is 1. The standard InChI is InChI=1S/C16H23N3O2/c1-4-12-5-7-13(8-6-12)15(20)19-10-9-17-11-14(19)16(21)18(2)3/h5-8,14,17H,4,9-11H2,1-3H3. The molecule has 0 spiro atoms. The Labute approximate surface area is 125 Å². The van der Waals surface area contributed by atoms with Gasteiger partial charge in [0.2, 0.25) is 5.91 Å². The number of benzene rings is 1. The Morgan fingerprint density at radius 2 is 1.95 bits per heavy atom. The highest BCUT2D eigenvalue weighted by Crippen LogP contribution is 2.13. The van der Waals surface area contributed by atoms with Gasteiger partial charge in [-0.15, -0.1) is 0 Å². The summed E-state index contributed by atoms with van der Waals surface area (Å²) in [5.74, 6) is -0.111. The minimum Gasteiger partial charge on any atom is -0.347 e. The minimum absolute atomic E-state index is 0.0410. The molecule has 1 atom stereocenters. The molecular weight excluding hydrogens is 266 g/mol. The zero-order valence-electron chi connectivity index (χ0n) is 12.9. The molecule has 114 valence electrons. The molecule has 0 bridgehead atoms. The van der Waals surface area contributed by atoms with Gasteiger partial charge in [0.05, 0.1) is 0 Å². The molecule has 0 aromatic heterocycles. The van der Waals surface area contributed by atoms with E-state index in [2.05, 4.69) is 12.2 Å². The van der Waals surface area contributed by atoms with E-state index in [4.69, 9.17) is 0 Å². The van der Waals surface area contributed by atoms with Crippen molar-refractivity contribution in [1.82, 2.24) is 15.1 Å². The lowest BCUT2D eigenvalue weighted by Gasteiger charge is -2.36. The maximum atomic E-state index is 12.7. The lowest BCUT2D eigenvalue weighted by Crippen LogP contribution is -2.59. The zero-order chi connectivity index (χ0) is 15.4. The van der Waals surface area contributed by atoms with Crippen LogP contribution in [0.1, 0.15) is 22.8 Å². The van der Waals surface area contributed by atoms with Crippen molar-refractivity contribution in [1.29, 1.82) is 0 Å². The Morgan fingerprint density at radius 1 is 1.29 bits per heavy atom. The molecule has 5 nitrogen and oxygen atoms in total. The quantitative estimate of drug-likeness (QED) is 0.893. The second kappa shape index (κ2) is 6.72. The van der Waals surface area contributed by atoms with Gasteiger partial charge in [-0.25, -0.2) is 0 Å². The first-order valence-corrected chi connectivity index (χ1v) is 7.36. The zero-order valence-corrected chi connectivity index (χ0v) is 12.9. The summed E-state index contributed by atoms with van der Waals surface area (Å²) in [4.78, 5) is 28.1. The number of nitrogens with zero attached hydrogens (tertiary/aromatic N) is 2. The number of carbonyl (C=O) groups is 2. The summed E-state index contributed by atoms with van der Waals surface area (Å²) in [6, 6.07) is 7.21. The molecule has 2 rings (SSSR count). The summed E-state index contributed by atoms with van der Waals surface area (Å²) in [6.45, 7) is 3.86. The van der Waals surface area contributed by atoms with Crippen LogP contribution in [-0.2, 0) is 11.2 Å². The molecule has 1 fully saturated rings. The number of carbonyl (C=O) groups excluding carboxylic acids is 2. The first-order valence-electron chi connectivity index (χ1n) is 7.36. The lowest BCUT2D eigenvalue weighted by molar-refractivity contribution is -0.134. The van der Waals surface area contributed by atoms with Gasteiger partial charge in [0.15, 0.2) is 0 Å². The Bertz CT molecular complexity index is 511. The third-order valence-corrected chi connectivity index (χ3v) is 3.84. The molecule has 1 saturated heterocycles. The van der Waals surface area contributed by atoms with E-state index < -0.39 is 6.04 Å². The van der Waals surface area contributed by atoms with E-state index >= 15 is 0 Å². The highest BCUT2D eigenvalue weighted by molar-refractivity contribution is 5.97. The topological polar surface area (TPSA) is 52.7 Å². The van der Waals surface area contributed by atoms with Crippen molar-refractivity contribution in [3.63, 3.8) is 0 Å². The number of aryl methyl sites for hydroxylation is 1. The maximum Gasteiger partial charge on any atom is 0.254 e. The molecule has 2 amide bonds. The number of hydrogen-bond acceptors (Lipinski definition) is 3. The second-order valence-corrected chi connectivity index (χ2v) is 5.50. The molecule has 21 heavy (non-hydrogen) atoms. The van der Waals surface area contributed by atoms with E-state index in [1.165, 1.54) is 10.5 Å². The van der Waals surface area contributed by atoms with Crippen molar-refractivity contribution in [2.75, 3.05) is 33.7 Å². The smallest absolute Gasteiger partial charge is 0.254 e. The van der Waals surface area contributed by atoms with Crippen molar-refractivity contribution in [2.45, 2.75) is 19.4 Å². The van der Waals surface area contributed by atoms with Crippen molar-refractivity contribution in [3.05, 3.63) is 35.4 Å². The first kappa shape index (κ1) is 15.5. The molecule has 0 radical (unpaired) electrons. The lowest BCUT2D eigenvalue weighted by atomic mass is 10.1. The van der Waals surface area contributed by atoms with E-state index in [-0.39, 0.29) is 11.8 Å². The van der Waals surface area contributed by atoms with Gasteiger partial charge < -0.3 is 15.1 Å². The average Bonchev–Trinajstić information content (AvgIpc) is 2.53. The molecule has 5 heteroatoms. The number of nitrogens with one attached hydrogen (secondary N) is 1. The Balaban J connectivity index is 2.19. The van der Waals surface area contributed by atoms with Gasteiger partial charge in [0.1, 0.15) is 6.04 Å². The first-order chi connectivity index (χ1) is 10.0. The Kier molecular flexibility index (Phi) is 4.96. The third kappa shape index (κ3) is 3.42. The third-order valence-electron chi connectivity index (χ3n) is 3.84. The van der Waals surface area contributed by atoms with Crippen molar-refractivity contribution in [2.24, 2.45) is 0 Å². The van der Waals surface area contributed by atoms with E-state index in [0.29, 0.717) is 18.7 Å². The number of hydrogen-bond donors (Lipinski definition) is 1. The molecule has 1 aromatic rings. The van der Waals surface area contributed by atoms with E-state index in [9.17, 15) is 9.59 Å². The predicted octanol–water partition coefficient (Wildman–Crippen LogP) is 0.751. The van der Waals surface area contributed by atoms with Crippen LogP contribution in [0.4, 0.5) is 0 Å². The fourth-order valence-electron chi connectivity index (χ4n) is 2.51. The monoisotopic (exact) mass is 289 g/mol. The van der Waals surface area contributed by atoms with Gasteiger partial charge in [0, 0.05) is 39.3 Å². The summed E-state index contributed by atoms with van der Waals surface area (Å²) < 4.78 is 0. The summed E-state index contributed by atoms with van der Waals surface area (Å²) in [5, 5.41) is 3.18. The van der Waals surface area contributed by atoms with Crippen LogP contribution < -0.4 is 5.32 Å². The summed E-state index contributed by atoms with van der Waals surface area (Å²) in [5.41, 5.74) is 1.85. The average molecular weight is 289 g/mol. The van der Waals surface area contributed by atoms with E-state index in [0.717, 1.165) is 13.0 Å². The van der Waals surface area contributed by atoms with Gasteiger partial charge in [-0.1, -0.05) is 19.1 Å². The van der Waals surface area contributed by atoms with Crippen LogP contribution in [0.25, 0.3) is 0 Å². The van der Waals surface area contributed by atoms with Gasteiger partial charge in [-0.05, 0) is 24.1 Å². The van der Waals surface area contributed by atoms with Crippen LogP contribution >= 0.6 is 0 Å². The summed E-state index contributed by atoms with van der Waals surface area (Å²) in [7, 11) is 3.44. The molecule has 0 saturated carbocycles. The molecule has 1 aliphatic rings. The SMILES string of the molecule is CCc1ccc(C(=O)N2CCNCC2C(=O)N(C)C)cc1. The van der Waals surface area contributed by atoms with Gasteiger partial charge >= 0.3 is 0 Å². The highest BCUT2D eigenvalue weighted by atomic mass is 16.2. The number of piperazine rings is 1. The van der Waals surface area contributed by atoms with E-state index in [1.807, 2.05) is 24.3 Å². The van der Waals surface area contributed by atoms with Crippen molar-refractivity contribution < 1.29 is 9.59 Å². The normalized spacial score (nSPS) is 18.4. The van der Waals surface area contributed by atoms with Gasteiger partial charge in [-0.2, -0.15) is 0 Å². The molecule has 1 aromatic carbocycles. The molecule has 1 N–H and O–H groups in total. The minimum atomic E-state index is -0.424. The Morgan fingerprint density at radius 3 is 2.52 bits per heavy atom. The van der Waals surface area contributed by atoms with Crippen molar-refractivity contribution >= 4 is 11.8 Å². The van der Waals surface area contributed by atoms with Crippen LogP contribution in [0.3, 0.4) is 0 Å². The summed E-state index contributed by atoms with van der Waals surface area (Å²) in [6.07, 6.45) is 0.948. The fraction of sp³-hybridized carbons (Fsp3) is 0.500. The molecular formula is C16H23N3O2. The van der Waals surface area contributed by atoms with Crippen molar-refractivity contribution in [3.8, 4) is 0 Å². The second-order valence-electron chi connectivity index (χ2n) is 5.50. The molecule has 1 heterocycles. The summed E-state index contributed by atoms with van der Waals surface area (Å²) >= 11 is 0. The molecule has 0 aliphatic carbocycles. The van der Waals surface area contributed by atoms with Crippen LogP contribution in [0.15, 0.2) is 24.3 Å². The van der Waals surface area contributed by atoms with Crippen LogP contribution in [0, 0.1) is 0 Å². The Hall–Kier alpha value is -1.88. The number of rotatable bonds is 3. The van der Waals surface area contributed by atoms with E-state index in [1.54, 1.807) is 19.0 Å². The number of amides is 2. The molecule has 1 unspecified atom stereocenters. The van der Waals surface area contributed by atoms with Gasteiger partial charge in [-0.3, -0.25) is 9.59 Å². The maximum absolute atomic E-state index is 12.7.